The zero-order valence-corrected chi connectivity index (χ0v) is 18.2. The number of nitro groups is 1. The molecule has 0 amide bonds. The number of ether oxygens (including phenoxy) is 1. The van der Waals surface area contributed by atoms with E-state index in [1.165, 1.54) is 31.4 Å². The number of halogens is 3. The lowest BCUT2D eigenvalue weighted by Crippen LogP contribution is -2.14. The van der Waals surface area contributed by atoms with Crippen molar-refractivity contribution in [2.75, 3.05) is 17.3 Å². The van der Waals surface area contributed by atoms with Gasteiger partial charge in [-0.3, -0.25) is 20.3 Å². The summed E-state index contributed by atoms with van der Waals surface area (Å²) < 4.78 is 71.3. The van der Waals surface area contributed by atoms with Gasteiger partial charge in [-0.25, -0.2) is 8.42 Å². The molecule has 0 saturated heterocycles. The Bertz CT molecular complexity index is 1340. The van der Waals surface area contributed by atoms with Crippen LogP contribution in [0.5, 0.6) is 5.75 Å². The van der Waals surface area contributed by atoms with Crippen molar-refractivity contribution in [2.45, 2.75) is 11.1 Å². The molecule has 0 heterocycles. The highest BCUT2D eigenvalue weighted by atomic mass is 32.2. The highest BCUT2D eigenvalue weighted by molar-refractivity contribution is 7.92. The maximum Gasteiger partial charge on any atom is 0.416 e. The molecule has 2 N–H and O–H groups in total. The van der Waals surface area contributed by atoms with Gasteiger partial charge in [0.1, 0.15) is 11.4 Å². The number of nitrogens with one attached hydrogen (secondary N) is 2. The van der Waals surface area contributed by atoms with Crippen LogP contribution in [0.2, 0.25) is 0 Å². The molecule has 3 aromatic carbocycles. The Morgan fingerprint density at radius 3 is 2.44 bits per heavy atom. The standard InChI is InChI=1S/C21H17F3N4O5S/c1-33-20-8-3-2-7-18(20)27-34(31,32)16-9-10-17(19(12-16)28(29)30)26-25-13-14-5-4-6-15(11-14)21(22,23)24/h2-13,26-27H,1H3/b25-13+. The average Bonchev–Trinajstić information content (AvgIpc) is 2.79. The molecule has 13 heteroatoms. The molecule has 0 saturated carbocycles. The largest absolute Gasteiger partial charge is 0.495 e. The molecule has 0 aliphatic carbocycles. The maximum atomic E-state index is 12.8. The lowest BCUT2D eigenvalue weighted by Gasteiger charge is -2.12. The van der Waals surface area contributed by atoms with Crippen LogP contribution in [0.4, 0.5) is 30.2 Å². The van der Waals surface area contributed by atoms with E-state index in [9.17, 15) is 31.7 Å². The second kappa shape index (κ2) is 9.79. The third-order valence-corrected chi connectivity index (χ3v) is 5.80. The van der Waals surface area contributed by atoms with Crippen LogP contribution >= 0.6 is 0 Å². The molecular weight excluding hydrogens is 477 g/mol. The number of hydrazone groups is 1. The first-order chi connectivity index (χ1) is 16.0. The number of sulfonamides is 1. The van der Waals surface area contributed by atoms with E-state index < -0.39 is 37.3 Å². The molecule has 0 bridgehead atoms. The monoisotopic (exact) mass is 494 g/mol. The van der Waals surface area contributed by atoms with Gasteiger partial charge in [-0.05, 0) is 42.0 Å². The first-order valence-corrected chi connectivity index (χ1v) is 10.9. The molecule has 0 aliphatic heterocycles. The van der Waals surface area contributed by atoms with E-state index in [0.717, 1.165) is 36.5 Å². The summed E-state index contributed by atoms with van der Waals surface area (Å²) in [7, 11) is -2.85. The molecule has 0 aromatic heterocycles. The number of para-hydroxylation sites is 2. The smallest absolute Gasteiger partial charge is 0.416 e. The fraction of sp³-hybridized carbons (Fsp3) is 0.0952. The van der Waals surface area contributed by atoms with Crippen molar-refractivity contribution in [1.29, 1.82) is 0 Å². The second-order valence-corrected chi connectivity index (χ2v) is 8.42. The van der Waals surface area contributed by atoms with Gasteiger partial charge in [0.05, 0.1) is 34.4 Å². The summed E-state index contributed by atoms with van der Waals surface area (Å²) in [6, 6.07) is 13.6. The molecule has 3 rings (SSSR count). The number of methoxy groups -OCH3 is 1. The van der Waals surface area contributed by atoms with Crippen LogP contribution in [-0.2, 0) is 16.2 Å². The molecule has 0 atom stereocenters. The molecule has 3 aromatic rings. The molecule has 178 valence electrons. The summed E-state index contributed by atoms with van der Waals surface area (Å²) in [5.41, 5.74) is 0.955. The molecule has 9 nitrogen and oxygen atoms in total. The van der Waals surface area contributed by atoms with Gasteiger partial charge in [-0.2, -0.15) is 18.3 Å². The van der Waals surface area contributed by atoms with Gasteiger partial charge < -0.3 is 4.74 Å². The molecular formula is C21H17F3N4O5S. The minimum absolute atomic E-state index is 0.102. The van der Waals surface area contributed by atoms with Crippen LogP contribution < -0.4 is 14.9 Å². The van der Waals surface area contributed by atoms with E-state index in [2.05, 4.69) is 15.2 Å². The molecule has 0 aliphatic rings. The predicted molar refractivity (Wildman–Crippen MR) is 120 cm³/mol. The lowest BCUT2D eigenvalue weighted by atomic mass is 10.1. The number of rotatable bonds is 8. The highest BCUT2D eigenvalue weighted by Gasteiger charge is 2.30. The SMILES string of the molecule is COc1ccccc1NS(=O)(=O)c1ccc(N/N=C/c2cccc(C(F)(F)F)c2)c([N+](=O)[O-])c1. The Morgan fingerprint density at radius 2 is 1.76 bits per heavy atom. The normalized spacial score (nSPS) is 11.9. The number of alkyl halides is 3. The van der Waals surface area contributed by atoms with E-state index in [1.807, 2.05) is 0 Å². The minimum atomic E-state index is -4.53. The molecule has 0 spiro atoms. The van der Waals surface area contributed by atoms with Gasteiger partial charge >= 0.3 is 6.18 Å². The van der Waals surface area contributed by atoms with Crippen LogP contribution in [0, 0.1) is 10.1 Å². The summed E-state index contributed by atoms with van der Waals surface area (Å²) in [4.78, 5) is 10.3. The van der Waals surface area contributed by atoms with Gasteiger partial charge in [0.2, 0.25) is 0 Å². The van der Waals surface area contributed by atoms with Crippen LogP contribution in [0.15, 0.2) is 76.7 Å². The van der Waals surface area contributed by atoms with Crippen molar-refractivity contribution in [3.05, 3.63) is 88.0 Å². The van der Waals surface area contributed by atoms with E-state index in [-0.39, 0.29) is 22.7 Å². The quantitative estimate of drug-likeness (QED) is 0.262. The number of benzene rings is 3. The predicted octanol–water partition coefficient (Wildman–Crippen LogP) is 4.87. The first kappa shape index (κ1) is 24.5. The minimum Gasteiger partial charge on any atom is -0.495 e. The van der Waals surface area contributed by atoms with Gasteiger partial charge in [0, 0.05) is 6.07 Å². The van der Waals surface area contributed by atoms with E-state index in [0.29, 0.717) is 0 Å². The maximum absolute atomic E-state index is 12.8. The number of hydrogen-bond donors (Lipinski definition) is 2. The second-order valence-electron chi connectivity index (χ2n) is 6.74. The highest BCUT2D eigenvalue weighted by Crippen LogP contribution is 2.31. The summed E-state index contributed by atoms with van der Waals surface area (Å²) in [6.45, 7) is 0. The Kier molecular flexibility index (Phi) is 7.05. The number of hydrogen-bond acceptors (Lipinski definition) is 7. The van der Waals surface area contributed by atoms with Crippen molar-refractivity contribution in [2.24, 2.45) is 5.10 Å². The Labute approximate surface area is 192 Å². The topological polar surface area (TPSA) is 123 Å². The van der Waals surface area contributed by atoms with Gasteiger partial charge in [-0.1, -0.05) is 24.3 Å². The van der Waals surface area contributed by atoms with Crippen LogP contribution in [-0.4, -0.2) is 26.7 Å². The summed E-state index contributed by atoms with van der Waals surface area (Å²) in [5.74, 6) is 0.253. The van der Waals surface area contributed by atoms with Crippen molar-refractivity contribution in [3.63, 3.8) is 0 Å². The van der Waals surface area contributed by atoms with E-state index in [1.54, 1.807) is 12.1 Å². The Morgan fingerprint density at radius 1 is 1.03 bits per heavy atom. The summed E-state index contributed by atoms with van der Waals surface area (Å²) in [6.07, 6.45) is -3.48. The molecule has 0 unspecified atom stereocenters. The number of nitrogens with zero attached hydrogens (tertiary/aromatic N) is 2. The van der Waals surface area contributed by atoms with Crippen molar-refractivity contribution in [3.8, 4) is 5.75 Å². The fourth-order valence-electron chi connectivity index (χ4n) is 2.83. The summed E-state index contributed by atoms with van der Waals surface area (Å²) >= 11 is 0. The van der Waals surface area contributed by atoms with E-state index in [4.69, 9.17) is 4.74 Å². The molecule has 0 radical (unpaired) electrons. The van der Waals surface area contributed by atoms with Gasteiger partial charge in [0.15, 0.2) is 0 Å². The zero-order chi connectivity index (χ0) is 24.9. The molecule has 0 fully saturated rings. The zero-order valence-electron chi connectivity index (χ0n) is 17.4. The van der Waals surface area contributed by atoms with Gasteiger partial charge in [0.25, 0.3) is 15.7 Å². The van der Waals surface area contributed by atoms with Crippen LogP contribution in [0.25, 0.3) is 0 Å². The van der Waals surface area contributed by atoms with Crippen molar-refractivity contribution >= 4 is 33.3 Å². The number of anilines is 2. The van der Waals surface area contributed by atoms with Crippen molar-refractivity contribution in [1.82, 2.24) is 0 Å². The first-order valence-electron chi connectivity index (χ1n) is 9.42. The van der Waals surface area contributed by atoms with Crippen LogP contribution in [0.1, 0.15) is 11.1 Å². The van der Waals surface area contributed by atoms with Crippen molar-refractivity contribution < 1.29 is 31.2 Å². The van der Waals surface area contributed by atoms with E-state index >= 15 is 0 Å². The lowest BCUT2D eigenvalue weighted by molar-refractivity contribution is -0.384. The third kappa shape index (κ3) is 5.81. The Balaban J connectivity index is 1.85. The number of nitro benzene ring substituents is 1. The Hall–Kier alpha value is -4.13. The van der Waals surface area contributed by atoms with Crippen LogP contribution in [0.3, 0.4) is 0 Å². The van der Waals surface area contributed by atoms with Gasteiger partial charge in [-0.15, -0.1) is 0 Å². The fourth-order valence-corrected chi connectivity index (χ4v) is 3.92. The average molecular weight is 494 g/mol. The molecule has 34 heavy (non-hydrogen) atoms. The summed E-state index contributed by atoms with van der Waals surface area (Å²) in [5, 5.41) is 15.2. The third-order valence-electron chi connectivity index (χ3n) is 4.44.